The van der Waals surface area contributed by atoms with Crippen molar-refractivity contribution in [3.63, 3.8) is 0 Å². The van der Waals surface area contributed by atoms with Crippen molar-refractivity contribution in [3.8, 4) is 0 Å². The van der Waals surface area contributed by atoms with Crippen LogP contribution in [0.3, 0.4) is 0 Å². The summed E-state index contributed by atoms with van der Waals surface area (Å²) in [6.45, 7) is 2.58. The van der Waals surface area contributed by atoms with E-state index >= 15 is 0 Å². The van der Waals surface area contributed by atoms with Gasteiger partial charge in [0.25, 0.3) is 5.91 Å². The highest BCUT2D eigenvalue weighted by atomic mass is 16.2. The summed E-state index contributed by atoms with van der Waals surface area (Å²) in [5.74, 6) is -0.0368. The highest BCUT2D eigenvalue weighted by Crippen LogP contribution is 1.90. The standard InChI is InChI=1S/C10H21N3O/c1-5-6-7-8-11-12-10(14)9-13(2,3)4/h8H,5-7,9H2,1-4H3/p+1/b11-8+. The zero-order valence-electron chi connectivity index (χ0n) is 9.71. The molecule has 0 unspecified atom stereocenters. The van der Waals surface area contributed by atoms with Crippen LogP contribution in [0, 0.1) is 0 Å². The molecule has 0 aliphatic carbocycles. The first-order valence-corrected chi connectivity index (χ1v) is 5.06. The third-order valence-corrected chi connectivity index (χ3v) is 1.59. The third-order valence-electron chi connectivity index (χ3n) is 1.59. The minimum Gasteiger partial charge on any atom is -0.323 e. The van der Waals surface area contributed by atoms with Crippen LogP contribution in [0.25, 0.3) is 0 Å². The monoisotopic (exact) mass is 200 g/mol. The maximum atomic E-state index is 11.3. The van der Waals surface area contributed by atoms with E-state index in [0.29, 0.717) is 11.0 Å². The number of carbonyl (C=O) groups excluding carboxylic acids is 1. The number of hydrogen-bond acceptors (Lipinski definition) is 2. The Balaban J connectivity index is 3.59. The van der Waals surface area contributed by atoms with Gasteiger partial charge in [-0.05, 0) is 12.8 Å². The van der Waals surface area contributed by atoms with E-state index in [2.05, 4.69) is 17.5 Å². The molecule has 1 N–H and O–H groups in total. The number of nitrogens with one attached hydrogen (secondary N) is 1. The summed E-state index contributed by atoms with van der Waals surface area (Å²) in [5, 5.41) is 3.86. The van der Waals surface area contributed by atoms with Crippen molar-refractivity contribution < 1.29 is 9.28 Å². The number of nitrogens with zero attached hydrogens (tertiary/aromatic N) is 2. The molecule has 0 heterocycles. The molecule has 0 radical (unpaired) electrons. The van der Waals surface area contributed by atoms with Crippen molar-refractivity contribution >= 4 is 12.1 Å². The van der Waals surface area contributed by atoms with E-state index in [9.17, 15) is 4.79 Å². The van der Waals surface area contributed by atoms with Gasteiger partial charge in [-0.2, -0.15) is 5.10 Å². The Hall–Kier alpha value is -0.900. The van der Waals surface area contributed by atoms with Crippen molar-refractivity contribution in [1.82, 2.24) is 5.43 Å². The lowest BCUT2D eigenvalue weighted by Crippen LogP contribution is -2.43. The zero-order valence-corrected chi connectivity index (χ0v) is 9.71. The zero-order chi connectivity index (χ0) is 11.0. The summed E-state index contributed by atoms with van der Waals surface area (Å²) in [7, 11) is 5.92. The van der Waals surface area contributed by atoms with Crippen LogP contribution in [0.2, 0.25) is 0 Å². The summed E-state index contributed by atoms with van der Waals surface area (Å²) in [6.07, 6.45) is 4.96. The second-order valence-corrected chi connectivity index (χ2v) is 4.44. The maximum Gasteiger partial charge on any atom is 0.295 e. The summed E-state index contributed by atoms with van der Waals surface area (Å²) >= 11 is 0. The van der Waals surface area contributed by atoms with Gasteiger partial charge >= 0.3 is 0 Å². The van der Waals surface area contributed by atoms with Gasteiger partial charge in [-0.25, -0.2) is 5.43 Å². The van der Waals surface area contributed by atoms with Gasteiger partial charge in [0.15, 0.2) is 6.54 Å². The van der Waals surface area contributed by atoms with E-state index in [-0.39, 0.29) is 5.91 Å². The van der Waals surface area contributed by atoms with Crippen LogP contribution >= 0.6 is 0 Å². The molecular weight excluding hydrogens is 178 g/mol. The molecule has 0 aliphatic rings. The molecule has 0 aromatic rings. The van der Waals surface area contributed by atoms with E-state index in [1.807, 2.05) is 21.1 Å². The first-order valence-electron chi connectivity index (χ1n) is 5.06. The molecule has 14 heavy (non-hydrogen) atoms. The lowest BCUT2D eigenvalue weighted by atomic mass is 10.3. The molecule has 0 spiro atoms. The Kier molecular flexibility index (Phi) is 6.12. The number of hydrazone groups is 1. The Morgan fingerprint density at radius 3 is 2.57 bits per heavy atom. The van der Waals surface area contributed by atoms with Gasteiger partial charge in [-0.15, -0.1) is 0 Å². The van der Waals surface area contributed by atoms with Crippen LogP contribution in [-0.2, 0) is 4.79 Å². The number of hydrogen-bond donors (Lipinski definition) is 1. The van der Waals surface area contributed by atoms with Crippen LogP contribution < -0.4 is 5.43 Å². The second kappa shape index (κ2) is 6.54. The van der Waals surface area contributed by atoms with Crippen LogP contribution in [-0.4, -0.2) is 44.3 Å². The number of quaternary nitrogens is 1. The molecule has 0 saturated carbocycles. The fourth-order valence-electron chi connectivity index (χ4n) is 0.944. The van der Waals surface area contributed by atoms with Gasteiger partial charge in [-0.1, -0.05) is 13.3 Å². The topological polar surface area (TPSA) is 41.5 Å². The largest absolute Gasteiger partial charge is 0.323 e. The number of unbranched alkanes of at least 4 members (excludes halogenated alkanes) is 2. The quantitative estimate of drug-likeness (QED) is 0.295. The Morgan fingerprint density at radius 2 is 2.07 bits per heavy atom. The van der Waals surface area contributed by atoms with Gasteiger partial charge < -0.3 is 4.48 Å². The van der Waals surface area contributed by atoms with E-state index in [4.69, 9.17) is 0 Å². The fourth-order valence-corrected chi connectivity index (χ4v) is 0.944. The maximum absolute atomic E-state index is 11.3. The van der Waals surface area contributed by atoms with Crippen molar-refractivity contribution in [2.75, 3.05) is 27.7 Å². The SMILES string of the molecule is CCCC/C=N/NC(=O)C[N+](C)(C)C. The molecule has 0 saturated heterocycles. The minimum atomic E-state index is -0.0368. The molecular formula is C10H22N3O+. The number of rotatable bonds is 6. The lowest BCUT2D eigenvalue weighted by Gasteiger charge is -2.21. The fraction of sp³-hybridized carbons (Fsp3) is 0.800. The summed E-state index contributed by atoms with van der Waals surface area (Å²) in [6, 6.07) is 0. The van der Waals surface area contributed by atoms with E-state index in [0.717, 1.165) is 19.3 Å². The van der Waals surface area contributed by atoms with Gasteiger partial charge in [0.1, 0.15) is 0 Å². The summed E-state index contributed by atoms with van der Waals surface area (Å²) in [4.78, 5) is 11.3. The molecule has 1 amide bonds. The molecule has 4 heteroatoms. The predicted octanol–water partition coefficient (Wildman–Crippen LogP) is 0.985. The lowest BCUT2D eigenvalue weighted by molar-refractivity contribution is -0.862. The first-order chi connectivity index (χ1) is 6.45. The molecule has 0 rings (SSSR count). The summed E-state index contributed by atoms with van der Waals surface area (Å²) < 4.78 is 0.621. The summed E-state index contributed by atoms with van der Waals surface area (Å²) in [5.41, 5.74) is 2.51. The molecule has 82 valence electrons. The molecule has 0 aromatic carbocycles. The van der Waals surface area contributed by atoms with Gasteiger partial charge in [0, 0.05) is 6.21 Å². The van der Waals surface area contributed by atoms with Crippen molar-refractivity contribution in [2.45, 2.75) is 26.2 Å². The molecule has 4 nitrogen and oxygen atoms in total. The van der Waals surface area contributed by atoms with Gasteiger partial charge in [0.2, 0.25) is 0 Å². The van der Waals surface area contributed by atoms with Crippen molar-refractivity contribution in [1.29, 1.82) is 0 Å². The van der Waals surface area contributed by atoms with E-state index in [1.165, 1.54) is 0 Å². The van der Waals surface area contributed by atoms with Gasteiger partial charge in [-0.3, -0.25) is 4.79 Å². The Bertz CT molecular complexity index is 194. The molecule has 0 aromatic heterocycles. The van der Waals surface area contributed by atoms with E-state index in [1.54, 1.807) is 6.21 Å². The van der Waals surface area contributed by atoms with E-state index < -0.39 is 0 Å². The van der Waals surface area contributed by atoms with Crippen LogP contribution in [0.1, 0.15) is 26.2 Å². The molecule has 0 fully saturated rings. The van der Waals surface area contributed by atoms with Gasteiger partial charge in [0.05, 0.1) is 21.1 Å². The first kappa shape index (κ1) is 13.1. The average Bonchev–Trinajstić information content (AvgIpc) is 2.00. The van der Waals surface area contributed by atoms with Crippen LogP contribution in [0.4, 0.5) is 0 Å². The molecule has 0 atom stereocenters. The minimum absolute atomic E-state index is 0.0368. The predicted molar refractivity (Wildman–Crippen MR) is 59.1 cm³/mol. The van der Waals surface area contributed by atoms with Crippen LogP contribution in [0.15, 0.2) is 5.10 Å². The Labute approximate surface area is 86.6 Å². The Morgan fingerprint density at radius 1 is 1.43 bits per heavy atom. The third kappa shape index (κ3) is 9.19. The average molecular weight is 200 g/mol. The normalized spacial score (nSPS) is 12.0. The second-order valence-electron chi connectivity index (χ2n) is 4.44. The number of likely N-dealkylation sites (N-methyl/N-ethyl adjacent to an activating group) is 1. The highest BCUT2D eigenvalue weighted by molar-refractivity contribution is 5.77. The number of carbonyl (C=O) groups is 1. The number of amides is 1. The molecule has 0 bridgehead atoms. The molecule has 0 aliphatic heterocycles. The smallest absolute Gasteiger partial charge is 0.295 e. The van der Waals surface area contributed by atoms with Crippen molar-refractivity contribution in [3.05, 3.63) is 0 Å². The highest BCUT2D eigenvalue weighted by Gasteiger charge is 2.12. The van der Waals surface area contributed by atoms with Crippen LogP contribution in [0.5, 0.6) is 0 Å². The van der Waals surface area contributed by atoms with Crippen molar-refractivity contribution in [2.24, 2.45) is 5.10 Å².